The Bertz CT molecular complexity index is 630. The predicted octanol–water partition coefficient (Wildman–Crippen LogP) is 3.86. The van der Waals surface area contributed by atoms with Gasteiger partial charge in [-0.05, 0) is 43.3 Å². The molecule has 0 unspecified atom stereocenters. The van der Waals surface area contributed by atoms with Crippen molar-refractivity contribution in [1.82, 2.24) is 4.90 Å². The van der Waals surface area contributed by atoms with Crippen molar-refractivity contribution in [2.45, 2.75) is 6.42 Å². The molecule has 0 radical (unpaired) electrons. The van der Waals surface area contributed by atoms with Crippen molar-refractivity contribution in [3.05, 3.63) is 66.2 Å². The largest absolute Gasteiger partial charge is 0.462 e. The molecule has 0 aliphatic carbocycles. The monoisotopic (exact) mass is 309 g/mol. The van der Waals surface area contributed by atoms with E-state index in [1.165, 1.54) is 11.6 Å². The maximum Gasteiger partial charge on any atom is 0.330 e. The van der Waals surface area contributed by atoms with E-state index in [1.807, 2.05) is 44.4 Å². The summed E-state index contributed by atoms with van der Waals surface area (Å²) >= 11 is 0. The van der Waals surface area contributed by atoms with Gasteiger partial charge >= 0.3 is 5.97 Å². The normalized spacial score (nSPS) is 11.1. The topological polar surface area (TPSA) is 29.5 Å². The molecule has 23 heavy (non-hydrogen) atoms. The fraction of sp³-hybridized carbons (Fsp3) is 0.250. The molecule has 2 aromatic rings. The molecule has 0 bridgehead atoms. The molecule has 0 heterocycles. The number of rotatable bonds is 7. The van der Waals surface area contributed by atoms with Crippen LogP contribution in [0, 0.1) is 0 Å². The van der Waals surface area contributed by atoms with Crippen LogP contribution in [0.4, 0.5) is 0 Å². The number of nitrogens with zero attached hydrogens (tertiary/aromatic N) is 1. The molecule has 0 aliphatic rings. The van der Waals surface area contributed by atoms with E-state index in [0.717, 1.165) is 24.1 Å². The highest BCUT2D eigenvalue weighted by atomic mass is 16.5. The van der Waals surface area contributed by atoms with E-state index in [4.69, 9.17) is 4.74 Å². The van der Waals surface area contributed by atoms with Crippen molar-refractivity contribution in [3.8, 4) is 11.1 Å². The molecule has 0 atom stereocenters. The summed E-state index contributed by atoms with van der Waals surface area (Å²) in [7, 11) is 4.00. The lowest BCUT2D eigenvalue weighted by Gasteiger charge is -2.08. The number of esters is 1. The molecular formula is C20H23NO2. The number of carbonyl (C=O) groups excluding carboxylic acids is 1. The van der Waals surface area contributed by atoms with Crippen LogP contribution >= 0.6 is 0 Å². The summed E-state index contributed by atoms with van der Waals surface area (Å²) < 4.78 is 5.15. The van der Waals surface area contributed by atoms with Crippen LogP contribution < -0.4 is 0 Å². The number of carbonyl (C=O) groups is 1. The highest BCUT2D eigenvalue weighted by Crippen LogP contribution is 2.19. The Labute approximate surface area is 138 Å². The van der Waals surface area contributed by atoms with Gasteiger partial charge < -0.3 is 9.64 Å². The van der Waals surface area contributed by atoms with Gasteiger partial charge in [0.25, 0.3) is 0 Å². The Hall–Kier alpha value is -2.39. The number of benzene rings is 2. The van der Waals surface area contributed by atoms with Crippen LogP contribution in [0.5, 0.6) is 0 Å². The Balaban J connectivity index is 1.84. The van der Waals surface area contributed by atoms with E-state index in [9.17, 15) is 4.79 Å². The number of ether oxygens (including phenoxy) is 1. The minimum Gasteiger partial charge on any atom is -0.462 e. The summed E-state index contributed by atoms with van der Waals surface area (Å²) in [6, 6.07) is 18.3. The highest BCUT2D eigenvalue weighted by Gasteiger charge is 1.99. The third-order valence-corrected chi connectivity index (χ3v) is 3.42. The average Bonchev–Trinajstić information content (AvgIpc) is 2.58. The first-order valence-corrected chi connectivity index (χ1v) is 7.80. The Kier molecular flexibility index (Phi) is 6.57. The summed E-state index contributed by atoms with van der Waals surface area (Å²) in [5, 5.41) is 0. The molecule has 3 nitrogen and oxygen atoms in total. The minimum absolute atomic E-state index is 0.295. The van der Waals surface area contributed by atoms with E-state index in [2.05, 4.69) is 29.2 Å². The molecule has 0 saturated heterocycles. The molecule has 2 rings (SSSR count). The van der Waals surface area contributed by atoms with E-state index >= 15 is 0 Å². The van der Waals surface area contributed by atoms with Gasteiger partial charge in [-0.15, -0.1) is 0 Å². The fourth-order valence-corrected chi connectivity index (χ4v) is 2.18. The van der Waals surface area contributed by atoms with Gasteiger partial charge in [0.2, 0.25) is 0 Å². The standard InChI is InChI=1S/C20H23NO2/c1-21(2)15-6-16-23-20(22)14-11-17-9-12-19(13-10-17)18-7-4-3-5-8-18/h3-5,7-14H,6,15-16H2,1-2H3/b14-11-. The van der Waals surface area contributed by atoms with E-state index < -0.39 is 0 Å². The molecule has 2 aromatic carbocycles. The molecule has 0 spiro atoms. The third kappa shape index (κ3) is 6.09. The van der Waals surface area contributed by atoms with E-state index in [-0.39, 0.29) is 5.97 Å². The summed E-state index contributed by atoms with van der Waals surface area (Å²) in [6.45, 7) is 1.37. The Morgan fingerprint density at radius 2 is 1.65 bits per heavy atom. The lowest BCUT2D eigenvalue weighted by Crippen LogP contribution is -2.15. The molecule has 3 heteroatoms. The Morgan fingerprint density at radius 3 is 2.30 bits per heavy atom. The zero-order chi connectivity index (χ0) is 16.5. The molecule has 0 saturated carbocycles. The van der Waals surface area contributed by atoms with Crippen LogP contribution in [0.3, 0.4) is 0 Å². The molecule has 120 valence electrons. The fourth-order valence-electron chi connectivity index (χ4n) is 2.18. The summed E-state index contributed by atoms with van der Waals surface area (Å²) in [5.74, 6) is -0.295. The zero-order valence-electron chi connectivity index (χ0n) is 13.7. The summed E-state index contributed by atoms with van der Waals surface area (Å²) in [5.41, 5.74) is 3.33. The lowest BCUT2D eigenvalue weighted by atomic mass is 10.0. The second-order valence-corrected chi connectivity index (χ2v) is 5.65. The summed E-state index contributed by atoms with van der Waals surface area (Å²) in [4.78, 5) is 13.7. The van der Waals surface area contributed by atoms with Crippen LogP contribution in [0.25, 0.3) is 17.2 Å². The van der Waals surface area contributed by atoms with Gasteiger partial charge in [-0.1, -0.05) is 54.6 Å². The van der Waals surface area contributed by atoms with Gasteiger partial charge in [0, 0.05) is 12.6 Å². The molecular weight excluding hydrogens is 286 g/mol. The first-order chi connectivity index (χ1) is 11.1. The van der Waals surface area contributed by atoms with Crippen LogP contribution in [0.1, 0.15) is 12.0 Å². The average molecular weight is 309 g/mol. The van der Waals surface area contributed by atoms with Gasteiger partial charge in [0.1, 0.15) is 0 Å². The van der Waals surface area contributed by atoms with Crippen molar-refractivity contribution >= 4 is 12.0 Å². The molecule has 0 amide bonds. The van der Waals surface area contributed by atoms with Crippen LogP contribution in [0.2, 0.25) is 0 Å². The van der Waals surface area contributed by atoms with E-state index in [0.29, 0.717) is 6.61 Å². The lowest BCUT2D eigenvalue weighted by molar-refractivity contribution is -0.137. The number of hydrogen-bond donors (Lipinski definition) is 0. The van der Waals surface area contributed by atoms with Crippen LogP contribution in [-0.2, 0) is 9.53 Å². The van der Waals surface area contributed by atoms with Crippen molar-refractivity contribution in [2.75, 3.05) is 27.2 Å². The highest BCUT2D eigenvalue weighted by molar-refractivity contribution is 5.87. The van der Waals surface area contributed by atoms with Gasteiger partial charge in [-0.25, -0.2) is 4.79 Å². The van der Waals surface area contributed by atoms with Gasteiger partial charge in [-0.3, -0.25) is 0 Å². The summed E-state index contributed by atoms with van der Waals surface area (Å²) in [6.07, 6.45) is 4.11. The molecule has 0 aromatic heterocycles. The van der Waals surface area contributed by atoms with E-state index in [1.54, 1.807) is 6.08 Å². The molecule has 0 N–H and O–H groups in total. The Morgan fingerprint density at radius 1 is 1.00 bits per heavy atom. The van der Waals surface area contributed by atoms with Crippen LogP contribution in [-0.4, -0.2) is 38.1 Å². The first-order valence-electron chi connectivity index (χ1n) is 7.80. The zero-order valence-corrected chi connectivity index (χ0v) is 13.7. The van der Waals surface area contributed by atoms with Gasteiger partial charge in [0.15, 0.2) is 0 Å². The first kappa shape index (κ1) is 17.0. The van der Waals surface area contributed by atoms with Crippen molar-refractivity contribution in [2.24, 2.45) is 0 Å². The molecule has 0 aliphatic heterocycles. The number of hydrogen-bond acceptors (Lipinski definition) is 3. The smallest absolute Gasteiger partial charge is 0.330 e. The third-order valence-electron chi connectivity index (χ3n) is 3.42. The van der Waals surface area contributed by atoms with Crippen LogP contribution in [0.15, 0.2) is 60.7 Å². The van der Waals surface area contributed by atoms with Crippen molar-refractivity contribution < 1.29 is 9.53 Å². The maximum atomic E-state index is 11.6. The molecule has 0 fully saturated rings. The van der Waals surface area contributed by atoms with Crippen molar-refractivity contribution in [3.63, 3.8) is 0 Å². The van der Waals surface area contributed by atoms with Gasteiger partial charge in [-0.2, -0.15) is 0 Å². The predicted molar refractivity (Wildman–Crippen MR) is 95.0 cm³/mol. The maximum absolute atomic E-state index is 11.6. The second-order valence-electron chi connectivity index (χ2n) is 5.65. The quantitative estimate of drug-likeness (QED) is 0.442. The van der Waals surface area contributed by atoms with Crippen molar-refractivity contribution in [1.29, 1.82) is 0 Å². The minimum atomic E-state index is -0.295. The SMILES string of the molecule is CN(C)CCCOC(=O)/C=C\c1ccc(-c2ccccc2)cc1. The second kappa shape index (κ2) is 8.91. The van der Waals surface area contributed by atoms with Gasteiger partial charge in [0.05, 0.1) is 6.61 Å².